The highest BCUT2D eigenvalue weighted by molar-refractivity contribution is 5.46. The number of rotatable bonds is 6. The third-order valence-electron chi connectivity index (χ3n) is 4.00. The number of aliphatic hydroxyl groups excluding tert-OH is 1. The van der Waals surface area contributed by atoms with Gasteiger partial charge in [0.2, 0.25) is 0 Å². The minimum atomic E-state index is -0.473. The minimum Gasteiger partial charge on any atom is -0.391 e. The van der Waals surface area contributed by atoms with Gasteiger partial charge in [0.1, 0.15) is 0 Å². The molecule has 0 spiro atoms. The second-order valence-electron chi connectivity index (χ2n) is 5.65. The monoisotopic (exact) mass is 317 g/mol. The van der Waals surface area contributed by atoms with Crippen LogP contribution in [0.4, 0.5) is 5.69 Å². The lowest BCUT2D eigenvalue weighted by Gasteiger charge is -2.27. The molecule has 0 fully saturated rings. The number of nitrogens with zero attached hydrogens (tertiary/aromatic N) is 3. The van der Waals surface area contributed by atoms with E-state index >= 15 is 0 Å². The largest absolute Gasteiger partial charge is 0.391 e. The number of benzene rings is 1. The van der Waals surface area contributed by atoms with Crippen molar-refractivity contribution in [2.24, 2.45) is 14.1 Å². The first-order valence-electron chi connectivity index (χ1n) is 7.68. The van der Waals surface area contributed by atoms with Crippen LogP contribution in [0.3, 0.4) is 0 Å². The van der Waals surface area contributed by atoms with E-state index in [1.165, 1.54) is 17.7 Å². The van der Waals surface area contributed by atoms with Gasteiger partial charge in [-0.1, -0.05) is 25.1 Å². The van der Waals surface area contributed by atoms with Gasteiger partial charge in [0.25, 0.3) is 5.56 Å². The molecular formula is C17H23N3O3. The zero-order chi connectivity index (χ0) is 17.0. The highest BCUT2D eigenvalue weighted by Gasteiger charge is 2.14. The van der Waals surface area contributed by atoms with E-state index in [0.717, 1.165) is 10.3 Å². The number of anilines is 1. The molecule has 2 rings (SSSR count). The van der Waals surface area contributed by atoms with Gasteiger partial charge in [0.15, 0.2) is 0 Å². The third kappa shape index (κ3) is 3.90. The van der Waals surface area contributed by atoms with Gasteiger partial charge in [-0.15, -0.1) is 0 Å². The van der Waals surface area contributed by atoms with E-state index in [1.54, 1.807) is 7.05 Å². The molecule has 0 saturated carbocycles. The first-order chi connectivity index (χ1) is 10.9. The molecule has 6 heteroatoms. The van der Waals surface area contributed by atoms with Crippen LogP contribution < -0.4 is 16.1 Å². The Balaban J connectivity index is 2.39. The normalized spacial score (nSPS) is 12.2. The van der Waals surface area contributed by atoms with E-state index in [9.17, 15) is 14.7 Å². The van der Waals surface area contributed by atoms with Crippen LogP contribution in [0.25, 0.3) is 0 Å². The van der Waals surface area contributed by atoms with Crippen molar-refractivity contribution in [1.29, 1.82) is 0 Å². The van der Waals surface area contributed by atoms with Gasteiger partial charge in [0, 0.05) is 38.1 Å². The predicted molar refractivity (Wildman–Crippen MR) is 90.7 cm³/mol. The van der Waals surface area contributed by atoms with Crippen molar-refractivity contribution in [3.8, 4) is 0 Å². The van der Waals surface area contributed by atoms with Gasteiger partial charge in [-0.05, 0) is 18.6 Å². The lowest BCUT2D eigenvalue weighted by molar-refractivity contribution is 0.175. The Hall–Kier alpha value is -2.34. The topological polar surface area (TPSA) is 67.5 Å². The van der Waals surface area contributed by atoms with Gasteiger partial charge in [-0.3, -0.25) is 13.9 Å². The smallest absolute Gasteiger partial charge is 0.330 e. The van der Waals surface area contributed by atoms with E-state index in [-0.39, 0.29) is 11.2 Å². The molecule has 124 valence electrons. The van der Waals surface area contributed by atoms with E-state index in [4.69, 9.17) is 0 Å². The number of aliphatic hydroxyl groups is 1. The molecule has 0 unspecified atom stereocenters. The van der Waals surface area contributed by atoms with Crippen LogP contribution in [0.2, 0.25) is 0 Å². The Morgan fingerprint density at radius 3 is 2.39 bits per heavy atom. The van der Waals surface area contributed by atoms with Crippen molar-refractivity contribution in [3.63, 3.8) is 0 Å². The summed E-state index contributed by atoms with van der Waals surface area (Å²) in [5.74, 6) is 0. The van der Waals surface area contributed by atoms with Gasteiger partial charge in [0.05, 0.1) is 12.6 Å². The molecule has 1 atom stereocenters. The van der Waals surface area contributed by atoms with Crippen LogP contribution in [0.1, 0.15) is 19.0 Å². The zero-order valence-corrected chi connectivity index (χ0v) is 13.8. The molecule has 0 aliphatic carbocycles. The average Bonchev–Trinajstić information content (AvgIpc) is 2.57. The lowest BCUT2D eigenvalue weighted by atomic mass is 10.2. The van der Waals surface area contributed by atoms with Crippen LogP contribution in [-0.2, 0) is 20.6 Å². The van der Waals surface area contributed by atoms with E-state index in [1.807, 2.05) is 42.2 Å². The van der Waals surface area contributed by atoms with Gasteiger partial charge < -0.3 is 10.0 Å². The highest BCUT2D eigenvalue weighted by Crippen LogP contribution is 2.16. The van der Waals surface area contributed by atoms with Gasteiger partial charge in [-0.2, -0.15) is 0 Å². The Bertz CT molecular complexity index is 765. The molecule has 0 aliphatic heterocycles. The predicted octanol–water partition coefficient (Wildman–Crippen LogP) is 0.861. The Morgan fingerprint density at radius 1 is 1.13 bits per heavy atom. The second-order valence-corrected chi connectivity index (χ2v) is 5.65. The van der Waals surface area contributed by atoms with Crippen LogP contribution in [0, 0.1) is 0 Å². The summed E-state index contributed by atoms with van der Waals surface area (Å²) in [4.78, 5) is 25.9. The fourth-order valence-corrected chi connectivity index (χ4v) is 2.41. The van der Waals surface area contributed by atoms with Crippen molar-refractivity contribution in [3.05, 3.63) is 62.9 Å². The molecule has 1 heterocycles. The maximum Gasteiger partial charge on any atom is 0.330 e. The summed E-state index contributed by atoms with van der Waals surface area (Å²) in [5, 5.41) is 10.0. The summed E-state index contributed by atoms with van der Waals surface area (Å²) in [6, 6.07) is 11.1. The minimum absolute atomic E-state index is 0.327. The molecule has 1 aromatic carbocycles. The fraction of sp³-hybridized carbons (Fsp3) is 0.412. The first-order valence-corrected chi connectivity index (χ1v) is 7.68. The molecule has 6 nitrogen and oxygen atoms in total. The number of hydrogen-bond acceptors (Lipinski definition) is 4. The Kier molecular flexibility index (Phi) is 5.39. The Labute approximate surface area is 135 Å². The van der Waals surface area contributed by atoms with E-state index in [2.05, 4.69) is 0 Å². The SMILES string of the molecule is CC[C@@H](O)CN(Cc1cc(=O)n(C)c(=O)n1C)c1ccccc1. The number of aromatic nitrogens is 2. The fourth-order valence-electron chi connectivity index (χ4n) is 2.41. The molecule has 0 radical (unpaired) electrons. The van der Waals surface area contributed by atoms with Crippen molar-refractivity contribution in [1.82, 2.24) is 9.13 Å². The molecule has 1 N–H and O–H groups in total. The number of hydrogen-bond donors (Lipinski definition) is 1. The molecular weight excluding hydrogens is 294 g/mol. The van der Waals surface area contributed by atoms with Gasteiger partial charge >= 0.3 is 5.69 Å². The Morgan fingerprint density at radius 2 is 1.78 bits per heavy atom. The highest BCUT2D eigenvalue weighted by atomic mass is 16.3. The van der Waals surface area contributed by atoms with Crippen molar-refractivity contribution >= 4 is 5.69 Å². The summed E-state index contributed by atoms with van der Waals surface area (Å²) >= 11 is 0. The molecule has 23 heavy (non-hydrogen) atoms. The van der Waals surface area contributed by atoms with Crippen molar-refractivity contribution in [2.75, 3.05) is 11.4 Å². The summed E-state index contributed by atoms with van der Waals surface area (Å²) in [7, 11) is 3.11. The first kappa shape index (κ1) is 17.0. The van der Waals surface area contributed by atoms with Crippen molar-refractivity contribution in [2.45, 2.75) is 26.0 Å². The second kappa shape index (κ2) is 7.28. The van der Waals surface area contributed by atoms with Crippen LogP contribution in [-0.4, -0.2) is 26.9 Å². The molecule has 0 aliphatic rings. The summed E-state index contributed by atoms with van der Waals surface area (Å²) in [6.07, 6.45) is 0.164. The maximum atomic E-state index is 12.1. The quantitative estimate of drug-likeness (QED) is 0.858. The third-order valence-corrected chi connectivity index (χ3v) is 4.00. The summed E-state index contributed by atoms with van der Waals surface area (Å²) in [6.45, 7) is 2.73. The van der Waals surface area contributed by atoms with Crippen LogP contribution >= 0.6 is 0 Å². The molecule has 0 bridgehead atoms. The summed E-state index contributed by atoms with van der Waals surface area (Å²) < 4.78 is 2.55. The molecule has 2 aromatic rings. The van der Waals surface area contributed by atoms with Crippen molar-refractivity contribution < 1.29 is 5.11 Å². The zero-order valence-electron chi connectivity index (χ0n) is 13.8. The van der Waals surface area contributed by atoms with E-state index in [0.29, 0.717) is 25.2 Å². The van der Waals surface area contributed by atoms with Crippen LogP contribution in [0.15, 0.2) is 46.0 Å². The summed E-state index contributed by atoms with van der Waals surface area (Å²) in [5.41, 5.74) is 0.877. The van der Waals surface area contributed by atoms with E-state index < -0.39 is 6.10 Å². The molecule has 0 amide bonds. The van der Waals surface area contributed by atoms with Crippen LogP contribution in [0.5, 0.6) is 0 Å². The standard InChI is InChI=1S/C17H23N3O3/c1-4-15(21)12-20(13-8-6-5-7-9-13)11-14-10-16(22)19(3)17(23)18(14)2/h5-10,15,21H,4,11-12H2,1-3H3/t15-/m1/s1. The van der Waals surface area contributed by atoms with Gasteiger partial charge in [-0.25, -0.2) is 4.79 Å². The molecule has 1 aromatic heterocycles. The number of para-hydroxylation sites is 1. The lowest BCUT2D eigenvalue weighted by Crippen LogP contribution is -2.40. The average molecular weight is 317 g/mol. The maximum absolute atomic E-state index is 12.1. The molecule has 0 saturated heterocycles.